The Labute approximate surface area is 111 Å². The minimum atomic E-state index is 0.362. The van der Waals surface area contributed by atoms with Crippen molar-refractivity contribution in [3.8, 4) is 0 Å². The lowest BCUT2D eigenvalue weighted by Crippen LogP contribution is -2.39. The third kappa shape index (κ3) is 3.22. The van der Waals surface area contributed by atoms with E-state index in [1.807, 2.05) is 0 Å². The Morgan fingerprint density at radius 2 is 2.06 bits per heavy atom. The summed E-state index contributed by atoms with van der Waals surface area (Å²) in [6.45, 7) is 5.52. The Morgan fingerprint density at radius 1 is 1.38 bits per heavy atom. The average molecular weight is 303 g/mol. The maximum atomic E-state index is 6.22. The molecule has 2 unspecified atom stereocenters. The number of likely N-dealkylation sites (tertiary alicyclic amines) is 1. The second-order valence-electron chi connectivity index (χ2n) is 4.64. The summed E-state index contributed by atoms with van der Waals surface area (Å²) in [4.78, 5) is 2.49. The van der Waals surface area contributed by atoms with Gasteiger partial charge in [0.15, 0.2) is 0 Å². The molecule has 88 valence electrons. The van der Waals surface area contributed by atoms with E-state index in [-0.39, 0.29) is 0 Å². The van der Waals surface area contributed by atoms with Gasteiger partial charge >= 0.3 is 0 Å². The van der Waals surface area contributed by atoms with Crippen molar-refractivity contribution in [1.29, 1.82) is 0 Å². The normalized spacial score (nSPS) is 26.9. The largest absolute Gasteiger partial charge is 0.299 e. The topological polar surface area (TPSA) is 3.24 Å². The number of hydrogen-bond donors (Lipinski definition) is 0. The fourth-order valence-electron chi connectivity index (χ4n) is 2.19. The summed E-state index contributed by atoms with van der Waals surface area (Å²) in [6, 6.07) is 8.57. The van der Waals surface area contributed by atoms with E-state index in [0.717, 1.165) is 30.5 Å². The Kier molecular flexibility index (Phi) is 4.28. The lowest BCUT2D eigenvalue weighted by atomic mass is 9.99. The summed E-state index contributed by atoms with van der Waals surface area (Å²) in [6.07, 6.45) is 1.11. The number of piperidine rings is 1. The highest BCUT2D eigenvalue weighted by Gasteiger charge is 2.23. The highest BCUT2D eigenvalue weighted by Crippen LogP contribution is 2.23. The number of alkyl halides is 1. The van der Waals surface area contributed by atoms with Crippen LogP contribution in [0.2, 0.25) is 0 Å². The van der Waals surface area contributed by atoms with Gasteiger partial charge in [0.25, 0.3) is 0 Å². The third-order valence-electron chi connectivity index (χ3n) is 3.20. The standard InChI is InChI=1S/C13H17BrClN/c1-10-8-16(7-6-13(10)15)9-11-2-4-12(14)5-3-11/h2-5,10,13H,6-9H2,1H3. The van der Waals surface area contributed by atoms with Gasteiger partial charge in [0.2, 0.25) is 0 Å². The lowest BCUT2D eigenvalue weighted by Gasteiger charge is -2.34. The second-order valence-corrected chi connectivity index (χ2v) is 6.12. The smallest absolute Gasteiger partial charge is 0.0386 e. The fourth-order valence-corrected chi connectivity index (χ4v) is 2.64. The summed E-state index contributed by atoms with van der Waals surface area (Å²) in [5, 5.41) is 0.362. The van der Waals surface area contributed by atoms with E-state index in [1.54, 1.807) is 0 Å². The zero-order chi connectivity index (χ0) is 11.5. The first-order valence-corrected chi connectivity index (χ1v) is 6.99. The van der Waals surface area contributed by atoms with Gasteiger partial charge in [-0.05, 0) is 36.6 Å². The number of rotatable bonds is 2. The number of halogens is 2. The molecule has 1 saturated heterocycles. The van der Waals surface area contributed by atoms with Gasteiger partial charge in [0.05, 0.1) is 0 Å². The molecular formula is C13H17BrClN. The van der Waals surface area contributed by atoms with Crippen LogP contribution in [-0.4, -0.2) is 23.4 Å². The maximum Gasteiger partial charge on any atom is 0.0386 e. The lowest BCUT2D eigenvalue weighted by molar-refractivity contribution is 0.180. The van der Waals surface area contributed by atoms with E-state index < -0.39 is 0 Å². The minimum Gasteiger partial charge on any atom is -0.299 e. The maximum absolute atomic E-state index is 6.22. The molecule has 16 heavy (non-hydrogen) atoms. The second kappa shape index (κ2) is 5.52. The van der Waals surface area contributed by atoms with E-state index in [1.165, 1.54) is 5.56 Å². The molecule has 0 saturated carbocycles. The van der Waals surface area contributed by atoms with Gasteiger partial charge in [-0.15, -0.1) is 11.6 Å². The van der Waals surface area contributed by atoms with E-state index in [9.17, 15) is 0 Å². The van der Waals surface area contributed by atoms with Gasteiger partial charge < -0.3 is 0 Å². The molecule has 1 aromatic rings. The van der Waals surface area contributed by atoms with Crippen molar-refractivity contribution in [2.75, 3.05) is 13.1 Å². The van der Waals surface area contributed by atoms with Gasteiger partial charge in [-0.25, -0.2) is 0 Å². The molecule has 2 atom stereocenters. The van der Waals surface area contributed by atoms with Gasteiger partial charge in [-0.3, -0.25) is 4.90 Å². The Morgan fingerprint density at radius 3 is 2.69 bits per heavy atom. The van der Waals surface area contributed by atoms with Crippen molar-refractivity contribution in [3.05, 3.63) is 34.3 Å². The monoisotopic (exact) mass is 301 g/mol. The zero-order valence-electron chi connectivity index (χ0n) is 9.50. The minimum absolute atomic E-state index is 0.362. The summed E-state index contributed by atoms with van der Waals surface area (Å²) in [5.74, 6) is 0.603. The van der Waals surface area contributed by atoms with Gasteiger partial charge in [-0.1, -0.05) is 35.0 Å². The first kappa shape index (κ1) is 12.4. The van der Waals surface area contributed by atoms with Crippen molar-refractivity contribution in [3.63, 3.8) is 0 Å². The van der Waals surface area contributed by atoms with Gasteiger partial charge in [0.1, 0.15) is 0 Å². The van der Waals surface area contributed by atoms with Crippen LogP contribution in [0.25, 0.3) is 0 Å². The van der Waals surface area contributed by atoms with Crippen LogP contribution in [0.1, 0.15) is 18.9 Å². The van der Waals surface area contributed by atoms with Crippen molar-refractivity contribution in [2.24, 2.45) is 5.92 Å². The van der Waals surface area contributed by atoms with Crippen LogP contribution < -0.4 is 0 Å². The fraction of sp³-hybridized carbons (Fsp3) is 0.538. The Hall–Kier alpha value is -0.0500. The summed E-state index contributed by atoms with van der Waals surface area (Å²) < 4.78 is 1.14. The van der Waals surface area contributed by atoms with E-state index in [2.05, 4.69) is 52.0 Å². The van der Waals surface area contributed by atoms with Crippen molar-refractivity contribution >= 4 is 27.5 Å². The molecule has 0 spiro atoms. The van der Waals surface area contributed by atoms with Crippen LogP contribution >= 0.6 is 27.5 Å². The molecule has 3 heteroatoms. The van der Waals surface area contributed by atoms with Gasteiger partial charge in [0, 0.05) is 22.9 Å². The quantitative estimate of drug-likeness (QED) is 0.749. The van der Waals surface area contributed by atoms with Crippen molar-refractivity contribution in [1.82, 2.24) is 4.90 Å². The SMILES string of the molecule is CC1CN(Cc2ccc(Br)cc2)CCC1Cl. The molecule has 0 bridgehead atoms. The summed E-state index contributed by atoms with van der Waals surface area (Å²) in [7, 11) is 0. The van der Waals surface area contributed by atoms with Crippen molar-refractivity contribution in [2.45, 2.75) is 25.3 Å². The number of hydrogen-bond acceptors (Lipinski definition) is 1. The van der Waals surface area contributed by atoms with Crippen LogP contribution in [0.3, 0.4) is 0 Å². The first-order valence-electron chi connectivity index (χ1n) is 5.76. The van der Waals surface area contributed by atoms with E-state index in [4.69, 9.17) is 11.6 Å². The summed E-state index contributed by atoms with van der Waals surface area (Å²) in [5.41, 5.74) is 1.38. The molecular weight excluding hydrogens is 286 g/mol. The number of nitrogens with zero attached hydrogens (tertiary/aromatic N) is 1. The van der Waals surface area contributed by atoms with Crippen LogP contribution in [0, 0.1) is 5.92 Å². The van der Waals surface area contributed by atoms with Crippen LogP contribution in [0.4, 0.5) is 0 Å². The molecule has 1 aliphatic heterocycles. The van der Waals surface area contributed by atoms with Gasteiger partial charge in [-0.2, -0.15) is 0 Å². The van der Waals surface area contributed by atoms with E-state index in [0.29, 0.717) is 11.3 Å². The highest BCUT2D eigenvalue weighted by molar-refractivity contribution is 9.10. The molecule has 0 amide bonds. The zero-order valence-corrected chi connectivity index (χ0v) is 11.8. The third-order valence-corrected chi connectivity index (χ3v) is 4.38. The average Bonchev–Trinajstić information content (AvgIpc) is 2.27. The molecule has 1 aliphatic rings. The molecule has 1 fully saturated rings. The van der Waals surface area contributed by atoms with Crippen molar-refractivity contribution < 1.29 is 0 Å². The van der Waals surface area contributed by atoms with E-state index >= 15 is 0 Å². The summed E-state index contributed by atoms with van der Waals surface area (Å²) >= 11 is 9.68. The van der Waals surface area contributed by atoms with Crippen LogP contribution in [-0.2, 0) is 6.54 Å². The number of benzene rings is 1. The predicted octanol–water partition coefficient (Wildman–Crippen LogP) is 3.90. The Balaban J connectivity index is 1.93. The molecule has 1 nitrogen and oxygen atoms in total. The molecule has 2 rings (SSSR count). The Bertz CT molecular complexity index is 338. The molecule has 0 aliphatic carbocycles. The highest BCUT2D eigenvalue weighted by atomic mass is 79.9. The molecule has 1 heterocycles. The van der Waals surface area contributed by atoms with Crippen LogP contribution in [0.5, 0.6) is 0 Å². The first-order chi connectivity index (χ1) is 7.65. The predicted molar refractivity (Wildman–Crippen MR) is 72.8 cm³/mol. The van der Waals surface area contributed by atoms with Crippen LogP contribution in [0.15, 0.2) is 28.7 Å². The molecule has 0 aromatic heterocycles. The molecule has 0 N–H and O–H groups in total. The molecule has 0 radical (unpaired) electrons. The molecule has 1 aromatic carbocycles.